The summed E-state index contributed by atoms with van der Waals surface area (Å²) in [7, 11) is 1.65. The molecule has 2 amide bonds. The van der Waals surface area contributed by atoms with Gasteiger partial charge in [-0.1, -0.05) is 36.4 Å². The third kappa shape index (κ3) is 7.27. The molecule has 7 nitrogen and oxygen atoms in total. The van der Waals surface area contributed by atoms with E-state index in [1.165, 1.54) is 36.1 Å². The van der Waals surface area contributed by atoms with Crippen molar-refractivity contribution in [1.29, 1.82) is 0 Å². The van der Waals surface area contributed by atoms with Crippen LogP contribution in [0.25, 0.3) is 0 Å². The Morgan fingerprint density at radius 1 is 1.02 bits per heavy atom. The third-order valence-corrected chi connectivity index (χ3v) is 6.99. The van der Waals surface area contributed by atoms with Crippen molar-refractivity contribution in [3.63, 3.8) is 0 Å². The summed E-state index contributed by atoms with van der Waals surface area (Å²) >= 11 is 0. The molecular formula is C30H30F4N2O5. The van der Waals surface area contributed by atoms with Crippen LogP contribution < -0.4 is 9.47 Å². The Kier molecular flexibility index (Phi) is 8.74. The Hall–Kier alpha value is -4.28. The molecule has 4 rings (SSSR count). The van der Waals surface area contributed by atoms with Crippen molar-refractivity contribution in [3.05, 3.63) is 95.3 Å². The Morgan fingerprint density at radius 3 is 2.39 bits per heavy atom. The van der Waals surface area contributed by atoms with Gasteiger partial charge in [0.1, 0.15) is 5.75 Å². The lowest BCUT2D eigenvalue weighted by Gasteiger charge is -2.26. The van der Waals surface area contributed by atoms with E-state index >= 15 is 0 Å². The first-order valence-electron chi connectivity index (χ1n) is 12.9. The SMILES string of the molecule is CN1C(=O)N(Cc2cccc(C(F)(F)F)c2)C[C@@H]1CCOc1ccc(C[C@](C)(Oc2ccccc2F)C(=O)O)cc1. The fourth-order valence-electron chi connectivity index (χ4n) is 4.65. The van der Waals surface area contributed by atoms with E-state index in [2.05, 4.69) is 0 Å². The summed E-state index contributed by atoms with van der Waals surface area (Å²) < 4.78 is 64.5. The van der Waals surface area contributed by atoms with Crippen LogP contribution in [-0.4, -0.2) is 58.7 Å². The number of benzene rings is 3. The quantitative estimate of drug-likeness (QED) is 0.284. The monoisotopic (exact) mass is 574 g/mol. The van der Waals surface area contributed by atoms with E-state index in [0.717, 1.165) is 12.1 Å². The number of carboxylic acids is 1. The minimum atomic E-state index is -4.45. The fourth-order valence-corrected chi connectivity index (χ4v) is 4.65. The number of para-hydroxylation sites is 1. The molecule has 218 valence electrons. The van der Waals surface area contributed by atoms with Gasteiger partial charge in [-0.15, -0.1) is 0 Å². The molecule has 2 atom stereocenters. The average molecular weight is 575 g/mol. The van der Waals surface area contributed by atoms with Gasteiger partial charge < -0.3 is 24.4 Å². The van der Waals surface area contributed by atoms with E-state index < -0.39 is 29.1 Å². The number of carbonyl (C=O) groups is 2. The van der Waals surface area contributed by atoms with E-state index in [4.69, 9.17) is 9.47 Å². The molecule has 1 fully saturated rings. The minimum Gasteiger partial charge on any atom is -0.494 e. The van der Waals surface area contributed by atoms with Crippen LogP contribution in [0.4, 0.5) is 22.4 Å². The molecule has 0 spiro atoms. The highest BCUT2D eigenvalue weighted by molar-refractivity contribution is 5.78. The summed E-state index contributed by atoms with van der Waals surface area (Å²) in [5, 5.41) is 9.76. The summed E-state index contributed by atoms with van der Waals surface area (Å²) in [6, 6.07) is 16.9. The summed E-state index contributed by atoms with van der Waals surface area (Å²) in [6.07, 6.45) is -3.98. The maximum absolute atomic E-state index is 14.0. The number of amides is 2. The molecule has 0 unspecified atom stereocenters. The molecule has 0 bridgehead atoms. The number of aliphatic carboxylic acids is 1. The molecule has 1 heterocycles. The fraction of sp³-hybridized carbons (Fsp3) is 0.333. The van der Waals surface area contributed by atoms with Gasteiger partial charge in [-0.05, 0) is 54.4 Å². The summed E-state index contributed by atoms with van der Waals surface area (Å²) in [5.74, 6) is -1.51. The van der Waals surface area contributed by atoms with E-state index in [1.807, 2.05) is 0 Å². The molecule has 3 aromatic rings. The first-order chi connectivity index (χ1) is 19.4. The number of likely N-dealkylation sites (N-methyl/N-ethyl adjacent to an activating group) is 1. The third-order valence-electron chi connectivity index (χ3n) is 6.99. The zero-order chi connectivity index (χ0) is 29.8. The molecule has 11 heteroatoms. The normalized spacial score (nSPS) is 16.9. The smallest absolute Gasteiger partial charge is 0.416 e. The lowest BCUT2D eigenvalue weighted by atomic mass is 9.96. The second kappa shape index (κ2) is 12.1. The van der Waals surface area contributed by atoms with E-state index in [0.29, 0.717) is 29.8 Å². The molecule has 1 aliphatic rings. The van der Waals surface area contributed by atoms with Gasteiger partial charge in [0.25, 0.3) is 0 Å². The maximum Gasteiger partial charge on any atom is 0.416 e. The highest BCUT2D eigenvalue weighted by Gasteiger charge is 2.37. The van der Waals surface area contributed by atoms with Crippen LogP contribution in [0.5, 0.6) is 11.5 Å². The van der Waals surface area contributed by atoms with Crippen LogP contribution in [0.2, 0.25) is 0 Å². The number of hydrogen-bond acceptors (Lipinski definition) is 4. The molecule has 0 aromatic heterocycles. The van der Waals surface area contributed by atoms with Gasteiger partial charge in [-0.25, -0.2) is 14.0 Å². The van der Waals surface area contributed by atoms with Crippen molar-refractivity contribution in [1.82, 2.24) is 9.80 Å². The van der Waals surface area contributed by atoms with Gasteiger partial charge in [0.2, 0.25) is 5.60 Å². The molecule has 0 aliphatic carbocycles. The largest absolute Gasteiger partial charge is 0.494 e. The van der Waals surface area contributed by atoms with Gasteiger partial charge in [0.15, 0.2) is 11.6 Å². The molecular weight excluding hydrogens is 544 g/mol. The molecule has 1 saturated heterocycles. The van der Waals surface area contributed by atoms with Crippen molar-refractivity contribution >= 4 is 12.0 Å². The molecule has 1 N–H and O–H groups in total. The average Bonchev–Trinajstić information content (AvgIpc) is 3.18. The van der Waals surface area contributed by atoms with Gasteiger partial charge >= 0.3 is 18.2 Å². The first kappa shape index (κ1) is 29.7. The zero-order valence-electron chi connectivity index (χ0n) is 22.5. The van der Waals surface area contributed by atoms with Crippen LogP contribution in [0.15, 0.2) is 72.8 Å². The second-order valence-electron chi connectivity index (χ2n) is 10.2. The summed E-state index contributed by atoms with van der Waals surface area (Å²) in [4.78, 5) is 27.7. The number of carboxylic acid groups (broad SMARTS) is 1. The van der Waals surface area contributed by atoms with E-state index in [9.17, 15) is 32.3 Å². The van der Waals surface area contributed by atoms with Crippen LogP contribution in [0, 0.1) is 5.82 Å². The highest BCUT2D eigenvalue weighted by Crippen LogP contribution is 2.30. The van der Waals surface area contributed by atoms with E-state index in [1.54, 1.807) is 48.3 Å². The Bertz CT molecular complexity index is 1380. The molecule has 3 aromatic carbocycles. The lowest BCUT2D eigenvalue weighted by molar-refractivity contribution is -0.153. The number of rotatable bonds is 11. The van der Waals surface area contributed by atoms with Crippen molar-refractivity contribution < 1.29 is 41.7 Å². The number of carbonyl (C=O) groups excluding carboxylic acids is 1. The van der Waals surface area contributed by atoms with Gasteiger partial charge in [-0.2, -0.15) is 13.2 Å². The number of halogens is 4. The topological polar surface area (TPSA) is 79.3 Å². The molecule has 41 heavy (non-hydrogen) atoms. The van der Waals surface area contributed by atoms with Crippen LogP contribution in [-0.2, 0) is 23.9 Å². The Morgan fingerprint density at radius 2 is 1.73 bits per heavy atom. The standard InChI is InChI=1S/C30H30F4N2O5/c1-29(27(37)38,41-26-9-4-3-8-25(26)31)17-20-10-12-24(13-11-20)40-15-14-23-19-36(28(39)35(23)2)18-21-6-5-7-22(16-21)30(32,33)34/h3-13,16,23H,14-15,17-19H2,1-2H3,(H,37,38)/t23-,29-/m0/s1. The molecule has 1 aliphatic heterocycles. The maximum atomic E-state index is 14.0. The number of urea groups is 1. The summed E-state index contributed by atoms with van der Waals surface area (Å²) in [6.45, 7) is 2.08. The van der Waals surface area contributed by atoms with Crippen LogP contribution >= 0.6 is 0 Å². The first-order valence-corrected chi connectivity index (χ1v) is 12.9. The van der Waals surface area contributed by atoms with Gasteiger partial charge in [0.05, 0.1) is 18.2 Å². The van der Waals surface area contributed by atoms with Crippen LogP contribution in [0.1, 0.15) is 30.0 Å². The van der Waals surface area contributed by atoms with Crippen molar-refractivity contribution in [2.75, 3.05) is 20.2 Å². The number of ether oxygens (including phenoxy) is 2. The second-order valence-corrected chi connectivity index (χ2v) is 10.2. The number of hydrogen-bond donors (Lipinski definition) is 1. The predicted octanol–water partition coefficient (Wildman–Crippen LogP) is 6.01. The zero-order valence-corrected chi connectivity index (χ0v) is 22.5. The van der Waals surface area contributed by atoms with Crippen molar-refractivity contribution in [3.8, 4) is 11.5 Å². The van der Waals surface area contributed by atoms with Crippen molar-refractivity contribution in [2.45, 2.75) is 44.1 Å². The lowest BCUT2D eigenvalue weighted by Crippen LogP contribution is -2.43. The van der Waals surface area contributed by atoms with Crippen LogP contribution in [0.3, 0.4) is 0 Å². The van der Waals surface area contributed by atoms with E-state index in [-0.39, 0.29) is 37.4 Å². The summed E-state index contributed by atoms with van der Waals surface area (Å²) in [5.41, 5.74) is -1.41. The highest BCUT2D eigenvalue weighted by atomic mass is 19.4. The van der Waals surface area contributed by atoms with Gasteiger partial charge in [-0.3, -0.25) is 0 Å². The number of alkyl halides is 3. The Balaban J connectivity index is 1.30. The minimum absolute atomic E-state index is 0.0202. The Labute approximate surface area is 234 Å². The molecule has 0 radical (unpaired) electrons. The van der Waals surface area contributed by atoms with Crippen molar-refractivity contribution in [2.24, 2.45) is 0 Å². The molecule has 0 saturated carbocycles. The number of nitrogens with zero attached hydrogens (tertiary/aromatic N) is 2. The van der Waals surface area contributed by atoms with Gasteiger partial charge in [0, 0.05) is 33.0 Å². The predicted molar refractivity (Wildman–Crippen MR) is 142 cm³/mol.